The molecule has 4 unspecified atom stereocenters. The van der Waals surface area contributed by atoms with Crippen LogP contribution in [0.5, 0.6) is 0 Å². The number of fused-ring (bicyclic) bond motifs is 5. The number of nitrogens with one attached hydrogen (secondary N) is 1. The Balaban J connectivity index is 1.21. The van der Waals surface area contributed by atoms with E-state index in [2.05, 4.69) is 29.9 Å². The topological polar surface area (TPSA) is 322 Å². The number of hydrogen-bond donors (Lipinski definition) is 6. The number of aromatic nitrogens is 8. The van der Waals surface area contributed by atoms with Gasteiger partial charge in [-0.05, 0) is 6.92 Å². The lowest BCUT2D eigenvalue weighted by molar-refractivity contribution is -0.0733. The van der Waals surface area contributed by atoms with Gasteiger partial charge in [0, 0.05) is 0 Å². The van der Waals surface area contributed by atoms with Crippen LogP contribution >= 0.6 is 15.6 Å². The van der Waals surface area contributed by atoms with E-state index in [1.807, 2.05) is 0 Å². The Hall–Kier alpha value is -3.32. The molecule has 0 amide bonds. The Morgan fingerprint density at radius 1 is 0.922 bits per heavy atom. The molecule has 7 heterocycles. The molecule has 4 aromatic heterocycles. The van der Waals surface area contributed by atoms with Crippen molar-refractivity contribution in [1.29, 1.82) is 0 Å². The summed E-state index contributed by atoms with van der Waals surface area (Å²) < 4.78 is 74.6. The molecule has 0 aliphatic carbocycles. The maximum absolute atomic E-state index is 13.6. The summed E-state index contributed by atoms with van der Waals surface area (Å²) in [6, 6.07) is 0. The number of rotatable bonds is 8. The van der Waals surface area contributed by atoms with Gasteiger partial charge in [0.2, 0.25) is 0 Å². The van der Waals surface area contributed by atoms with Crippen LogP contribution in [0.1, 0.15) is 18.3 Å². The second-order valence-corrected chi connectivity index (χ2v) is 14.3. The van der Waals surface area contributed by atoms with Crippen molar-refractivity contribution in [3.05, 3.63) is 35.2 Å². The Morgan fingerprint density at radius 2 is 1.59 bits per heavy atom. The summed E-state index contributed by atoms with van der Waals surface area (Å²) in [5.41, 5.74) is 5.57. The quantitative estimate of drug-likeness (QED) is 0.0871. The summed E-state index contributed by atoms with van der Waals surface area (Å²) in [7, 11) is -10.2. The average molecular weight is 762 g/mol. The fourth-order valence-electron chi connectivity index (χ4n) is 5.99. The number of H-pyrrole nitrogens is 1. The van der Waals surface area contributed by atoms with E-state index >= 15 is 0 Å². The Kier molecular flexibility index (Phi) is 10.1. The third kappa shape index (κ3) is 7.21. The number of nitrogens with zero attached hydrogens (tertiary/aromatic N) is 7. The summed E-state index contributed by atoms with van der Waals surface area (Å²) in [5.74, 6) is 0.262. The molecule has 3 aliphatic heterocycles. The maximum atomic E-state index is 13.6. The van der Waals surface area contributed by atoms with E-state index in [4.69, 9.17) is 47.9 Å². The van der Waals surface area contributed by atoms with Crippen molar-refractivity contribution in [2.45, 2.75) is 56.0 Å². The third-order valence-electron chi connectivity index (χ3n) is 8.17. The van der Waals surface area contributed by atoms with Gasteiger partial charge in [0.15, 0.2) is 35.1 Å². The zero-order chi connectivity index (χ0) is 36.1. The first-order valence-electron chi connectivity index (χ1n) is 15.3. The third-order valence-corrected chi connectivity index (χ3v) is 10.1. The number of nitrogens with two attached hydrogens (primary N) is 1. The van der Waals surface area contributed by atoms with Gasteiger partial charge in [0.05, 0.1) is 52.3 Å². The minimum atomic E-state index is -5.12. The van der Waals surface area contributed by atoms with Crippen LogP contribution in [0, 0.1) is 6.92 Å². The molecule has 0 radical (unpaired) electrons. The van der Waals surface area contributed by atoms with Gasteiger partial charge in [-0.15, -0.1) is 0 Å². The first-order valence-corrected chi connectivity index (χ1v) is 18.3. The number of phosphoric ester groups is 2. The number of phosphoric acid groups is 2. The van der Waals surface area contributed by atoms with Crippen molar-refractivity contribution in [2.75, 3.05) is 45.4 Å². The highest BCUT2D eigenvalue weighted by molar-refractivity contribution is 7.47. The van der Waals surface area contributed by atoms with Gasteiger partial charge < -0.3 is 49.7 Å². The summed E-state index contributed by atoms with van der Waals surface area (Å²) in [6.45, 7) is -0.455. The molecule has 2 bridgehead atoms. The number of nitrogen functional groups attached to an aromatic ring is 1. The van der Waals surface area contributed by atoms with Crippen LogP contribution in [-0.4, -0.2) is 135 Å². The van der Waals surface area contributed by atoms with E-state index in [0.29, 0.717) is 0 Å². The van der Waals surface area contributed by atoms with E-state index < -0.39 is 83.5 Å². The number of aryl methyl sites for hydroxylation is 1. The predicted molar refractivity (Wildman–Crippen MR) is 165 cm³/mol. The van der Waals surface area contributed by atoms with Gasteiger partial charge in [-0.25, -0.2) is 34.0 Å². The van der Waals surface area contributed by atoms with Crippen LogP contribution < -0.4 is 11.3 Å². The Labute approximate surface area is 285 Å². The molecule has 278 valence electrons. The van der Waals surface area contributed by atoms with Crippen LogP contribution in [0.15, 0.2) is 23.8 Å². The maximum Gasteiger partial charge on any atom is 0.472 e. The highest BCUT2D eigenvalue weighted by atomic mass is 31.2. The summed E-state index contributed by atoms with van der Waals surface area (Å²) in [6.07, 6.45) is -8.16. The van der Waals surface area contributed by atoms with Crippen molar-refractivity contribution < 1.29 is 66.2 Å². The molecule has 10 atom stereocenters. The SMILES string of the molecule is Cc1nc2c(ncn2[C@@H]2O[C@@H]3COP(=O)(O)O[C@@H]4C(O)[C@H](n5cnc6c(N)ncnc65)O[C@@H]4COP(=O)(O)O[C@H]2C3OCCOCCO)c(=O)[nH]1. The predicted octanol–water partition coefficient (Wildman–Crippen LogP) is -1.58. The van der Waals surface area contributed by atoms with Crippen molar-refractivity contribution >= 4 is 43.8 Å². The molecule has 0 spiro atoms. The van der Waals surface area contributed by atoms with Gasteiger partial charge in [0.1, 0.15) is 54.3 Å². The molecule has 0 aromatic carbocycles. The molecular weight excluding hydrogens is 728 g/mol. The number of imidazole rings is 2. The molecule has 0 saturated carbocycles. The van der Waals surface area contributed by atoms with Crippen LogP contribution in [0.3, 0.4) is 0 Å². The van der Waals surface area contributed by atoms with Crippen molar-refractivity contribution in [2.24, 2.45) is 0 Å². The highest BCUT2D eigenvalue weighted by Gasteiger charge is 2.54. The molecule has 51 heavy (non-hydrogen) atoms. The monoisotopic (exact) mass is 761 g/mol. The number of aromatic amines is 1. The number of hydrogen-bond acceptors (Lipinski definition) is 19. The van der Waals surface area contributed by atoms with Gasteiger partial charge in [-0.2, -0.15) is 0 Å². The summed E-state index contributed by atoms with van der Waals surface area (Å²) in [4.78, 5) is 57.6. The first kappa shape index (κ1) is 36.1. The molecule has 3 saturated heterocycles. The van der Waals surface area contributed by atoms with Crippen LogP contribution in [0.4, 0.5) is 5.82 Å². The lowest BCUT2D eigenvalue weighted by atomic mass is 10.1. The summed E-state index contributed by atoms with van der Waals surface area (Å²) in [5, 5.41) is 20.3. The van der Waals surface area contributed by atoms with Crippen molar-refractivity contribution in [3.63, 3.8) is 0 Å². The summed E-state index contributed by atoms with van der Waals surface area (Å²) >= 11 is 0. The Bertz CT molecular complexity index is 2050. The smallest absolute Gasteiger partial charge is 0.394 e. The standard InChI is InChI=1S/C25H33N9O15P2/c1-11-31-22-15(23(37)32-11)30-10-34(22)25-19-18(43-5-4-42-3-2-35)13(47-25)7-45-50(38,39)48-17-12(6-44-51(40,41)49-19)46-24(16(17)36)33-9-29-14-20(26)27-8-28-21(14)33/h8-10,12-13,16-19,24-25,35-36H,2-7H2,1H3,(H,38,39)(H,40,41)(H2,26,27,28)(H,31,32,37)/t12-,13-,16?,17+,18?,19+,24-,25-/m1/s1. The van der Waals surface area contributed by atoms with Crippen LogP contribution in [0.2, 0.25) is 0 Å². The molecule has 3 aliphatic rings. The van der Waals surface area contributed by atoms with Gasteiger partial charge in [0.25, 0.3) is 5.56 Å². The number of aliphatic hydroxyl groups is 2. The Morgan fingerprint density at radius 3 is 2.33 bits per heavy atom. The molecule has 4 aromatic rings. The highest BCUT2D eigenvalue weighted by Crippen LogP contribution is 2.54. The van der Waals surface area contributed by atoms with E-state index in [1.165, 1.54) is 28.7 Å². The fourth-order valence-corrected chi connectivity index (χ4v) is 7.88. The molecule has 7 N–H and O–H groups in total. The van der Waals surface area contributed by atoms with Gasteiger partial charge in [-0.3, -0.25) is 32.0 Å². The molecule has 7 rings (SSSR count). The van der Waals surface area contributed by atoms with Crippen molar-refractivity contribution in [3.8, 4) is 0 Å². The van der Waals surface area contributed by atoms with E-state index in [0.717, 1.165) is 6.33 Å². The van der Waals surface area contributed by atoms with Gasteiger partial charge in [-0.1, -0.05) is 0 Å². The lowest BCUT2D eigenvalue weighted by Gasteiger charge is -2.27. The van der Waals surface area contributed by atoms with E-state index in [-0.39, 0.29) is 60.4 Å². The fraction of sp³-hybridized carbons (Fsp3) is 0.600. The first-order chi connectivity index (χ1) is 24.4. The van der Waals surface area contributed by atoms with Gasteiger partial charge >= 0.3 is 15.6 Å². The molecule has 3 fully saturated rings. The average Bonchev–Trinajstić information content (AvgIpc) is 3.84. The number of ether oxygens (including phenoxy) is 4. The van der Waals surface area contributed by atoms with Crippen LogP contribution in [0.25, 0.3) is 22.3 Å². The van der Waals surface area contributed by atoms with Crippen LogP contribution in [-0.2, 0) is 46.2 Å². The minimum absolute atomic E-state index is 0.000880. The minimum Gasteiger partial charge on any atom is -0.394 e. The largest absolute Gasteiger partial charge is 0.472 e. The number of aliphatic hydroxyl groups excluding tert-OH is 2. The van der Waals surface area contributed by atoms with E-state index in [1.54, 1.807) is 0 Å². The molecular formula is C25H33N9O15P2. The zero-order valence-electron chi connectivity index (χ0n) is 26.5. The number of anilines is 1. The lowest BCUT2D eigenvalue weighted by Crippen LogP contribution is -2.39. The second kappa shape index (κ2) is 14.2. The molecule has 24 nitrogen and oxygen atoms in total. The molecule has 26 heteroatoms. The zero-order valence-corrected chi connectivity index (χ0v) is 28.3. The second-order valence-electron chi connectivity index (χ2n) is 11.5. The normalized spacial score (nSPS) is 34.7. The van der Waals surface area contributed by atoms with E-state index in [9.17, 15) is 28.8 Å². The van der Waals surface area contributed by atoms with Crippen molar-refractivity contribution in [1.82, 2.24) is 39.0 Å².